The van der Waals surface area contributed by atoms with Crippen LogP contribution >= 0.6 is 0 Å². The zero-order valence-corrected chi connectivity index (χ0v) is 21.2. The number of amides is 1. The van der Waals surface area contributed by atoms with Crippen LogP contribution in [0.3, 0.4) is 0 Å². The third kappa shape index (κ3) is 5.35. The van der Waals surface area contributed by atoms with Gasteiger partial charge in [0.05, 0.1) is 19.7 Å². The number of pyridine rings is 1. The molecule has 1 aliphatic carbocycles. The van der Waals surface area contributed by atoms with Crippen molar-refractivity contribution in [3.8, 4) is 23.0 Å². The molecule has 0 saturated carbocycles. The van der Waals surface area contributed by atoms with Crippen molar-refractivity contribution in [2.75, 3.05) is 14.2 Å². The fourth-order valence-electron chi connectivity index (χ4n) is 3.93. The number of hydrogen-bond donors (Lipinski definition) is 1. The highest BCUT2D eigenvalue weighted by atomic mass is 16.6. The molecule has 3 aromatic rings. The van der Waals surface area contributed by atoms with E-state index >= 15 is 0 Å². The van der Waals surface area contributed by atoms with Gasteiger partial charge in [0, 0.05) is 24.8 Å². The summed E-state index contributed by atoms with van der Waals surface area (Å²) in [6.45, 7) is 5.98. The molecule has 2 aromatic carbocycles. The summed E-state index contributed by atoms with van der Waals surface area (Å²) >= 11 is 0. The van der Waals surface area contributed by atoms with Gasteiger partial charge in [0.15, 0.2) is 11.5 Å². The van der Waals surface area contributed by atoms with Crippen molar-refractivity contribution in [3.63, 3.8) is 0 Å². The van der Waals surface area contributed by atoms with E-state index in [4.69, 9.17) is 18.9 Å². The van der Waals surface area contributed by atoms with Gasteiger partial charge < -0.3 is 18.9 Å². The van der Waals surface area contributed by atoms with Gasteiger partial charge in [0.1, 0.15) is 17.3 Å². The first kappa shape index (κ1) is 24.9. The first-order valence-corrected chi connectivity index (χ1v) is 11.8. The highest BCUT2D eigenvalue weighted by Gasteiger charge is 2.18. The number of rotatable bonds is 7. The molecule has 1 amide bonds. The molecule has 4 rings (SSSR count). The largest absolute Gasteiger partial charge is 0.493 e. The lowest BCUT2D eigenvalue weighted by Crippen LogP contribution is -2.27. The predicted octanol–water partition coefficient (Wildman–Crippen LogP) is 6.74. The van der Waals surface area contributed by atoms with Crippen LogP contribution in [0.5, 0.6) is 23.0 Å². The van der Waals surface area contributed by atoms with Gasteiger partial charge >= 0.3 is 6.09 Å². The Hall–Kier alpha value is -4.26. The van der Waals surface area contributed by atoms with E-state index in [9.17, 15) is 4.79 Å². The summed E-state index contributed by atoms with van der Waals surface area (Å²) in [5.41, 5.74) is 4.38. The van der Waals surface area contributed by atoms with Crippen LogP contribution in [0.4, 0.5) is 4.79 Å². The van der Waals surface area contributed by atoms with E-state index in [1.165, 1.54) is 5.56 Å². The number of fused-ring (bicyclic) bond motifs is 1. The molecule has 1 heterocycles. The van der Waals surface area contributed by atoms with Gasteiger partial charge in [-0.05, 0) is 73.7 Å². The average Bonchev–Trinajstić information content (AvgIpc) is 3.02. The van der Waals surface area contributed by atoms with Gasteiger partial charge in [0.2, 0.25) is 0 Å². The number of hydrogen-bond acceptors (Lipinski definition) is 6. The topological polar surface area (TPSA) is 78.9 Å². The van der Waals surface area contributed by atoms with E-state index in [2.05, 4.69) is 17.2 Å². The number of allylic oxidation sites excluding steroid dienone is 4. The Bertz CT molecular complexity index is 1380. The Morgan fingerprint density at radius 3 is 2.39 bits per heavy atom. The second kappa shape index (κ2) is 11.0. The molecule has 0 radical (unpaired) electrons. The maximum atomic E-state index is 12.6. The van der Waals surface area contributed by atoms with E-state index in [0.29, 0.717) is 40.9 Å². The van der Waals surface area contributed by atoms with Crippen molar-refractivity contribution in [1.29, 1.82) is 0 Å². The van der Waals surface area contributed by atoms with E-state index < -0.39 is 6.09 Å². The van der Waals surface area contributed by atoms with E-state index in [0.717, 1.165) is 28.5 Å². The van der Waals surface area contributed by atoms with Crippen LogP contribution in [0.25, 0.3) is 10.9 Å². The van der Waals surface area contributed by atoms with Crippen LogP contribution in [0.15, 0.2) is 83.4 Å². The van der Waals surface area contributed by atoms with Crippen LogP contribution in [0, 0.1) is 0 Å². The quantitative estimate of drug-likeness (QED) is 0.397. The maximum absolute atomic E-state index is 12.6. The molecule has 188 valence electrons. The SMILES string of the molecule is CCc1ccc(OC(=O)NC2=CCC=C(Oc3ccnc4cc(OC)c(OC)cc34)C(C)=C2C)cc1.[HH]. The molecule has 0 unspecified atom stereocenters. The Kier molecular flexibility index (Phi) is 7.59. The number of aromatic nitrogens is 1. The van der Waals surface area contributed by atoms with Gasteiger partial charge in [-0.2, -0.15) is 0 Å². The molecular weight excluding hydrogens is 456 g/mol. The molecule has 0 fully saturated rings. The van der Waals surface area contributed by atoms with Gasteiger partial charge in [-0.1, -0.05) is 25.1 Å². The van der Waals surface area contributed by atoms with Crippen LogP contribution in [0.1, 0.15) is 34.2 Å². The van der Waals surface area contributed by atoms with Crippen molar-refractivity contribution in [3.05, 3.63) is 89.0 Å². The van der Waals surface area contributed by atoms with Crippen LogP contribution in [-0.2, 0) is 6.42 Å². The standard InChI is InChI=1S/C29H30N2O5.H2/c1-6-20-10-12-21(13-11-20)35-29(32)31-23-8-7-9-25(19(3)18(23)2)36-26-14-15-30-24-17-28(34-5)27(33-4)16-22(24)26;/h8-17H,6-7H2,1-5H3,(H,31,32);1H. The summed E-state index contributed by atoms with van der Waals surface area (Å²) < 4.78 is 22.7. The monoisotopic (exact) mass is 488 g/mol. The zero-order chi connectivity index (χ0) is 25.7. The Morgan fingerprint density at radius 2 is 1.69 bits per heavy atom. The van der Waals surface area contributed by atoms with E-state index in [-0.39, 0.29) is 1.43 Å². The summed E-state index contributed by atoms with van der Waals surface area (Å²) in [6, 6.07) is 13.0. The number of carbonyl (C=O) groups excluding carboxylic acids is 1. The lowest BCUT2D eigenvalue weighted by Gasteiger charge is -2.16. The van der Waals surface area contributed by atoms with Crippen LogP contribution < -0.4 is 24.3 Å². The predicted molar refractivity (Wildman–Crippen MR) is 142 cm³/mol. The molecule has 7 heteroatoms. The minimum Gasteiger partial charge on any atom is -0.493 e. The first-order valence-electron chi connectivity index (χ1n) is 11.8. The third-order valence-electron chi connectivity index (χ3n) is 6.17. The number of ether oxygens (including phenoxy) is 4. The fourth-order valence-corrected chi connectivity index (χ4v) is 3.93. The molecule has 0 spiro atoms. The van der Waals surface area contributed by atoms with Crippen molar-refractivity contribution >= 4 is 17.0 Å². The van der Waals surface area contributed by atoms with Crippen LogP contribution in [0.2, 0.25) is 0 Å². The number of methoxy groups -OCH3 is 2. The summed E-state index contributed by atoms with van der Waals surface area (Å²) in [5.74, 6) is 3.04. The molecule has 36 heavy (non-hydrogen) atoms. The second-order valence-corrected chi connectivity index (χ2v) is 8.32. The van der Waals surface area contributed by atoms with Crippen LogP contribution in [-0.4, -0.2) is 25.3 Å². The molecule has 0 saturated heterocycles. The van der Waals surface area contributed by atoms with Gasteiger partial charge in [0.25, 0.3) is 0 Å². The minimum atomic E-state index is -0.539. The first-order chi connectivity index (χ1) is 17.4. The van der Waals surface area contributed by atoms with E-state index in [1.807, 2.05) is 56.3 Å². The Balaban J connectivity index is 0.00000380. The lowest BCUT2D eigenvalue weighted by molar-refractivity contribution is 0.203. The molecule has 0 aliphatic heterocycles. The van der Waals surface area contributed by atoms with E-state index in [1.54, 1.807) is 32.5 Å². The summed E-state index contributed by atoms with van der Waals surface area (Å²) in [4.78, 5) is 17.0. The molecule has 1 aromatic heterocycles. The van der Waals surface area contributed by atoms with Crippen molar-refractivity contribution < 1.29 is 25.2 Å². The highest BCUT2D eigenvalue weighted by molar-refractivity contribution is 5.88. The summed E-state index contributed by atoms with van der Waals surface area (Å²) in [6.07, 6.45) is 6.58. The fraction of sp³-hybridized carbons (Fsp3) is 0.241. The van der Waals surface area contributed by atoms with Crippen molar-refractivity contribution in [2.24, 2.45) is 0 Å². The average molecular weight is 489 g/mol. The normalized spacial score (nSPS) is 13.5. The Labute approximate surface area is 212 Å². The molecule has 1 N–H and O–H groups in total. The number of nitrogens with zero attached hydrogens (tertiary/aromatic N) is 1. The van der Waals surface area contributed by atoms with Gasteiger partial charge in [-0.3, -0.25) is 10.3 Å². The Morgan fingerprint density at radius 1 is 0.972 bits per heavy atom. The number of benzene rings is 2. The zero-order valence-electron chi connectivity index (χ0n) is 21.2. The van der Waals surface area contributed by atoms with Crippen molar-refractivity contribution in [1.82, 2.24) is 10.3 Å². The molecule has 0 bridgehead atoms. The molecule has 7 nitrogen and oxygen atoms in total. The van der Waals surface area contributed by atoms with Crippen molar-refractivity contribution in [2.45, 2.75) is 33.6 Å². The molecule has 1 aliphatic rings. The third-order valence-corrected chi connectivity index (χ3v) is 6.17. The number of aryl methyl sites for hydroxylation is 1. The smallest absolute Gasteiger partial charge is 0.417 e. The summed E-state index contributed by atoms with van der Waals surface area (Å²) in [7, 11) is 3.18. The highest BCUT2D eigenvalue weighted by Crippen LogP contribution is 2.37. The summed E-state index contributed by atoms with van der Waals surface area (Å²) in [5, 5.41) is 3.67. The maximum Gasteiger partial charge on any atom is 0.417 e. The van der Waals surface area contributed by atoms with Gasteiger partial charge in [-0.25, -0.2) is 4.79 Å². The molecule has 0 atom stereocenters. The minimum absolute atomic E-state index is 0. The molecular formula is C29H32N2O5. The number of carbonyl (C=O) groups is 1. The van der Waals surface area contributed by atoms with Gasteiger partial charge in [-0.15, -0.1) is 0 Å². The second-order valence-electron chi connectivity index (χ2n) is 8.32. The number of nitrogens with one attached hydrogen (secondary N) is 1. The lowest BCUT2D eigenvalue weighted by atomic mass is 10.1.